The molecule has 5 rings (SSSR count). The van der Waals surface area contributed by atoms with E-state index in [4.69, 9.17) is 4.98 Å². The van der Waals surface area contributed by atoms with E-state index in [1.54, 1.807) is 18.2 Å². The summed E-state index contributed by atoms with van der Waals surface area (Å²) in [4.78, 5) is 8.05. The van der Waals surface area contributed by atoms with Gasteiger partial charge >= 0.3 is 16.4 Å². The first kappa shape index (κ1) is 27.6. The minimum Gasteiger partial charge on any atom is -0.354 e. The molecule has 1 aliphatic carbocycles. The number of halogens is 6. The van der Waals surface area contributed by atoms with Gasteiger partial charge < -0.3 is 4.90 Å². The van der Waals surface area contributed by atoms with Gasteiger partial charge in [0.1, 0.15) is 5.82 Å². The van der Waals surface area contributed by atoms with Crippen LogP contribution in [0.2, 0.25) is 0 Å². The summed E-state index contributed by atoms with van der Waals surface area (Å²) in [6.45, 7) is 1.98. The number of nitrogens with zero attached hydrogens (tertiary/aromatic N) is 5. The lowest BCUT2D eigenvalue weighted by atomic mass is 10.0. The van der Waals surface area contributed by atoms with Gasteiger partial charge in [-0.1, -0.05) is 12.1 Å². The number of aryl methyl sites for hydroxylation is 1. The Hall–Kier alpha value is -2.38. The molecule has 1 aromatic heterocycles. The predicted molar refractivity (Wildman–Crippen MR) is 134 cm³/mol. The molecular formula is C23H27ClF5N5O2S. The number of anilines is 3. The van der Waals surface area contributed by atoms with E-state index >= 15 is 0 Å². The second kappa shape index (κ2) is 9.42. The summed E-state index contributed by atoms with van der Waals surface area (Å²) in [7, 11) is -2.57. The zero-order valence-electron chi connectivity index (χ0n) is 20.2. The number of rotatable bonds is 5. The average molecular weight is 568 g/mol. The topological polar surface area (TPSA) is 60.0 Å². The van der Waals surface area contributed by atoms with Gasteiger partial charge in [0, 0.05) is 57.7 Å². The van der Waals surface area contributed by atoms with Gasteiger partial charge in [-0.25, -0.2) is 13.8 Å². The maximum absolute atomic E-state index is 13.5. The Bertz CT molecular complexity index is 1280. The number of piperazine rings is 1. The molecule has 37 heavy (non-hydrogen) atoms. The number of alkyl halides is 5. The predicted octanol–water partition coefficient (Wildman–Crippen LogP) is 4.32. The van der Waals surface area contributed by atoms with E-state index in [1.165, 1.54) is 11.9 Å². The maximum atomic E-state index is 13.5. The van der Waals surface area contributed by atoms with Crippen LogP contribution in [0, 0.1) is 12.8 Å². The summed E-state index contributed by atoms with van der Waals surface area (Å²) >= 11 is 0. The average Bonchev–Trinajstić information content (AvgIpc) is 3.36. The molecule has 204 valence electrons. The van der Waals surface area contributed by atoms with Crippen LogP contribution < -0.4 is 13.5 Å². The van der Waals surface area contributed by atoms with Crippen molar-refractivity contribution >= 4 is 39.8 Å². The van der Waals surface area contributed by atoms with Crippen LogP contribution in [0.4, 0.5) is 39.1 Å². The smallest absolute Gasteiger partial charge is 0.354 e. The van der Waals surface area contributed by atoms with Crippen LogP contribution in [-0.4, -0.2) is 76.7 Å². The quantitative estimate of drug-likeness (QED) is 0.504. The molecule has 1 unspecified atom stereocenters. The van der Waals surface area contributed by atoms with E-state index < -0.39 is 34.8 Å². The largest absolute Gasteiger partial charge is 0.401 e. The van der Waals surface area contributed by atoms with Crippen LogP contribution in [-0.2, 0) is 10.2 Å². The van der Waals surface area contributed by atoms with E-state index in [-0.39, 0.29) is 38.5 Å². The molecule has 1 aromatic carbocycles. The van der Waals surface area contributed by atoms with Crippen LogP contribution in [0.3, 0.4) is 0 Å². The third-order valence-electron chi connectivity index (χ3n) is 7.00. The maximum Gasteiger partial charge on any atom is 0.401 e. The molecule has 0 bridgehead atoms. The van der Waals surface area contributed by atoms with Crippen LogP contribution in [0.15, 0.2) is 30.3 Å². The number of fused-ring (bicyclic) bond motifs is 1. The molecule has 0 N–H and O–H groups in total. The molecule has 0 spiro atoms. The van der Waals surface area contributed by atoms with Gasteiger partial charge in [-0.15, -0.1) is 12.4 Å². The molecule has 2 aromatic rings. The first-order chi connectivity index (χ1) is 16.8. The fraction of sp³-hybridized carbons (Fsp3) is 0.522. The van der Waals surface area contributed by atoms with Crippen molar-refractivity contribution in [1.29, 1.82) is 0 Å². The molecule has 1 saturated heterocycles. The van der Waals surface area contributed by atoms with Crippen molar-refractivity contribution in [2.75, 3.05) is 59.8 Å². The molecule has 2 fully saturated rings. The summed E-state index contributed by atoms with van der Waals surface area (Å²) in [6.07, 6.45) is -4.56. The number of hydrogen-bond donors (Lipinski definition) is 0. The molecule has 14 heteroatoms. The van der Waals surface area contributed by atoms with E-state index in [0.717, 1.165) is 14.2 Å². The van der Waals surface area contributed by atoms with E-state index in [0.29, 0.717) is 41.5 Å². The van der Waals surface area contributed by atoms with Crippen LogP contribution in [0.25, 0.3) is 11.3 Å². The van der Waals surface area contributed by atoms with E-state index in [9.17, 15) is 30.4 Å². The Morgan fingerprint density at radius 1 is 1.05 bits per heavy atom. The highest BCUT2D eigenvalue weighted by atomic mass is 35.5. The van der Waals surface area contributed by atoms with E-state index in [1.807, 2.05) is 24.0 Å². The van der Waals surface area contributed by atoms with Crippen molar-refractivity contribution in [2.24, 2.45) is 5.92 Å². The number of pyridine rings is 1. The van der Waals surface area contributed by atoms with Crippen molar-refractivity contribution in [3.05, 3.63) is 35.9 Å². The Kier molecular flexibility index (Phi) is 7.04. The van der Waals surface area contributed by atoms with Crippen LogP contribution in [0.1, 0.15) is 12.0 Å². The minimum atomic E-state index is -4.24. The van der Waals surface area contributed by atoms with Gasteiger partial charge in [-0.3, -0.25) is 13.5 Å². The normalized spacial score (nSPS) is 22.6. The second-order valence-corrected chi connectivity index (χ2v) is 11.5. The van der Waals surface area contributed by atoms with Crippen molar-refractivity contribution in [3.63, 3.8) is 0 Å². The summed E-state index contributed by atoms with van der Waals surface area (Å²) in [5.74, 6) is -3.21. The second-order valence-electron chi connectivity index (χ2n) is 9.59. The Morgan fingerprint density at radius 2 is 1.70 bits per heavy atom. The van der Waals surface area contributed by atoms with Crippen molar-refractivity contribution in [2.45, 2.75) is 25.4 Å². The van der Waals surface area contributed by atoms with Gasteiger partial charge in [0.25, 0.3) is 5.92 Å². The lowest BCUT2D eigenvalue weighted by Crippen LogP contribution is -2.49. The molecular weight excluding hydrogens is 541 g/mol. The lowest BCUT2D eigenvalue weighted by Gasteiger charge is -2.35. The molecule has 0 amide bonds. The first-order valence-electron chi connectivity index (χ1n) is 11.6. The van der Waals surface area contributed by atoms with E-state index in [2.05, 4.69) is 0 Å². The highest BCUT2D eigenvalue weighted by molar-refractivity contribution is 7.94. The van der Waals surface area contributed by atoms with Crippen molar-refractivity contribution in [1.82, 2.24) is 9.88 Å². The van der Waals surface area contributed by atoms with Crippen LogP contribution >= 0.6 is 12.4 Å². The summed E-state index contributed by atoms with van der Waals surface area (Å²) in [5, 5.41) is 0. The third kappa shape index (κ3) is 5.30. The standard InChI is InChI=1S/C23H26F5N5O2S.ClH/c1-15-3-6-20(32-9-7-31(8-10-32)14-23(26,27)28)29-21(15)16-4-5-18-19(11-16)30(2)36(34,35)33(18)13-17-12-22(17,24)25;/h3-6,11,17H,7-10,12-14H2,1-2H3;1H. The highest BCUT2D eigenvalue weighted by Crippen LogP contribution is 2.51. The van der Waals surface area contributed by atoms with Gasteiger partial charge in [0.15, 0.2) is 0 Å². The fourth-order valence-corrected chi connectivity index (χ4v) is 6.23. The molecule has 1 saturated carbocycles. The van der Waals surface area contributed by atoms with Gasteiger partial charge in [-0.05, 0) is 30.7 Å². The SMILES string of the molecule is Cc1ccc(N2CCN(CC(F)(F)F)CC2)nc1-c1ccc2c(c1)N(C)S(=O)(=O)N2CC1CC1(F)F.Cl. The Morgan fingerprint density at radius 3 is 2.30 bits per heavy atom. The molecule has 3 aliphatic rings. The first-order valence-corrected chi connectivity index (χ1v) is 13.0. The number of aromatic nitrogens is 1. The van der Waals surface area contributed by atoms with Crippen molar-refractivity contribution in [3.8, 4) is 11.3 Å². The molecule has 1 atom stereocenters. The lowest BCUT2D eigenvalue weighted by molar-refractivity contribution is -0.146. The number of hydrogen-bond acceptors (Lipinski definition) is 5. The minimum absolute atomic E-state index is 0. The summed E-state index contributed by atoms with van der Waals surface area (Å²) in [6, 6.07) is 8.69. The summed E-state index contributed by atoms with van der Waals surface area (Å²) < 4.78 is 93.0. The van der Waals surface area contributed by atoms with Gasteiger partial charge in [-0.2, -0.15) is 21.6 Å². The van der Waals surface area contributed by atoms with Gasteiger partial charge in [0.2, 0.25) is 0 Å². The monoisotopic (exact) mass is 567 g/mol. The molecule has 7 nitrogen and oxygen atoms in total. The molecule has 2 aliphatic heterocycles. The Labute approximate surface area is 218 Å². The molecule has 0 radical (unpaired) electrons. The highest BCUT2D eigenvalue weighted by Gasteiger charge is 2.59. The van der Waals surface area contributed by atoms with Crippen molar-refractivity contribution < 1.29 is 30.4 Å². The Balaban J connectivity index is 0.00000320. The zero-order valence-corrected chi connectivity index (χ0v) is 21.8. The summed E-state index contributed by atoms with van der Waals surface area (Å²) in [5.41, 5.74) is 2.84. The third-order valence-corrected chi connectivity index (χ3v) is 8.80. The fourth-order valence-electron chi connectivity index (χ4n) is 4.77. The zero-order chi connectivity index (χ0) is 26.0. The molecule has 3 heterocycles. The van der Waals surface area contributed by atoms with Crippen LogP contribution in [0.5, 0.6) is 0 Å². The number of benzene rings is 1. The van der Waals surface area contributed by atoms with Gasteiger partial charge in [0.05, 0.1) is 23.6 Å².